The lowest BCUT2D eigenvalue weighted by atomic mass is 10.2. The molecule has 0 aliphatic rings. The molecule has 0 fully saturated rings. The number of anilines is 1. The molecule has 1 aromatic rings. The fourth-order valence-electron chi connectivity index (χ4n) is 1.14. The second kappa shape index (κ2) is 4.84. The molecule has 1 rings (SSSR count). The maximum absolute atomic E-state index is 3.44. The predicted octanol–water partition coefficient (Wildman–Crippen LogP) is 3.67. The lowest BCUT2D eigenvalue weighted by molar-refractivity contribution is 0.688. The van der Waals surface area contributed by atoms with E-state index in [0.29, 0.717) is 5.92 Å². The summed E-state index contributed by atoms with van der Waals surface area (Å²) in [6.07, 6.45) is 0. The molecule has 0 aromatic heterocycles. The Morgan fingerprint density at radius 1 is 1.38 bits per heavy atom. The number of hydrogen-bond donors (Lipinski definition) is 1. The molecule has 1 nitrogen and oxygen atoms in total. The largest absolute Gasteiger partial charge is 0.385 e. The lowest BCUT2D eigenvalue weighted by Gasteiger charge is -2.11. The summed E-state index contributed by atoms with van der Waals surface area (Å²) in [6, 6.07) is 6.49. The monoisotopic (exact) mass is 289 g/mol. The summed E-state index contributed by atoms with van der Waals surface area (Å²) in [5.74, 6) is 0.693. The predicted molar refractivity (Wildman–Crippen MR) is 67.2 cm³/mol. The molecule has 0 atom stereocenters. The van der Waals surface area contributed by atoms with Crippen LogP contribution in [0.3, 0.4) is 0 Å². The van der Waals surface area contributed by atoms with Crippen molar-refractivity contribution in [1.82, 2.24) is 0 Å². The van der Waals surface area contributed by atoms with Crippen LogP contribution in [0, 0.1) is 16.4 Å². The third-order valence-corrected chi connectivity index (χ3v) is 2.56. The second-order valence-corrected chi connectivity index (χ2v) is 4.98. The molecule has 2 heteroatoms. The van der Waals surface area contributed by atoms with E-state index in [1.807, 2.05) is 0 Å². The molecular weight excluding hydrogens is 273 g/mol. The normalized spacial score (nSPS) is 10.5. The smallest absolute Gasteiger partial charge is 0.0370 e. The van der Waals surface area contributed by atoms with Gasteiger partial charge in [-0.1, -0.05) is 13.8 Å². The summed E-state index contributed by atoms with van der Waals surface area (Å²) in [7, 11) is 0. The molecule has 0 aliphatic heterocycles. The highest BCUT2D eigenvalue weighted by Crippen LogP contribution is 2.17. The Kier molecular flexibility index (Phi) is 4.03. The molecule has 1 aromatic carbocycles. The highest BCUT2D eigenvalue weighted by atomic mass is 127. The highest BCUT2D eigenvalue weighted by molar-refractivity contribution is 14.1. The Bertz CT molecular complexity index is 281. The zero-order valence-electron chi connectivity index (χ0n) is 8.39. The molecule has 0 saturated heterocycles. The summed E-state index contributed by atoms with van der Waals surface area (Å²) in [4.78, 5) is 0. The summed E-state index contributed by atoms with van der Waals surface area (Å²) in [5, 5.41) is 3.44. The minimum atomic E-state index is 0.693. The molecule has 0 amide bonds. The van der Waals surface area contributed by atoms with Gasteiger partial charge in [0.25, 0.3) is 0 Å². The van der Waals surface area contributed by atoms with Crippen molar-refractivity contribution in [2.45, 2.75) is 20.8 Å². The van der Waals surface area contributed by atoms with E-state index in [1.165, 1.54) is 14.8 Å². The SMILES string of the molecule is Cc1cc(I)ccc1NCC(C)C. The highest BCUT2D eigenvalue weighted by Gasteiger charge is 1.98. The zero-order valence-corrected chi connectivity index (χ0v) is 10.6. The number of nitrogens with one attached hydrogen (secondary N) is 1. The maximum Gasteiger partial charge on any atom is 0.0370 e. The first-order chi connectivity index (χ1) is 6.09. The molecule has 0 radical (unpaired) electrons. The maximum atomic E-state index is 3.44. The Morgan fingerprint density at radius 3 is 2.62 bits per heavy atom. The molecule has 13 heavy (non-hydrogen) atoms. The number of rotatable bonds is 3. The van der Waals surface area contributed by atoms with Crippen molar-refractivity contribution in [1.29, 1.82) is 0 Å². The number of benzene rings is 1. The number of hydrogen-bond acceptors (Lipinski definition) is 1. The Balaban J connectivity index is 2.67. The van der Waals surface area contributed by atoms with Gasteiger partial charge in [-0.05, 0) is 59.2 Å². The van der Waals surface area contributed by atoms with Gasteiger partial charge in [0, 0.05) is 15.8 Å². The first-order valence-corrected chi connectivity index (χ1v) is 5.67. The number of aryl methyl sites for hydroxylation is 1. The Morgan fingerprint density at radius 2 is 2.08 bits per heavy atom. The molecule has 0 spiro atoms. The van der Waals surface area contributed by atoms with Crippen LogP contribution in [0.1, 0.15) is 19.4 Å². The van der Waals surface area contributed by atoms with Crippen LogP contribution < -0.4 is 5.32 Å². The van der Waals surface area contributed by atoms with Crippen LogP contribution in [-0.2, 0) is 0 Å². The van der Waals surface area contributed by atoms with Gasteiger partial charge < -0.3 is 5.32 Å². The van der Waals surface area contributed by atoms with Crippen LogP contribution in [0.2, 0.25) is 0 Å². The van der Waals surface area contributed by atoms with Crippen LogP contribution in [0.5, 0.6) is 0 Å². The first kappa shape index (κ1) is 10.8. The van der Waals surface area contributed by atoms with Crippen molar-refractivity contribution in [3.63, 3.8) is 0 Å². The molecular formula is C11H16IN. The molecule has 1 N–H and O–H groups in total. The summed E-state index contributed by atoms with van der Waals surface area (Å²) in [6.45, 7) is 7.62. The van der Waals surface area contributed by atoms with Crippen molar-refractivity contribution in [2.75, 3.05) is 11.9 Å². The van der Waals surface area contributed by atoms with E-state index in [4.69, 9.17) is 0 Å². The van der Waals surface area contributed by atoms with Gasteiger partial charge in [0.05, 0.1) is 0 Å². The van der Waals surface area contributed by atoms with Crippen LogP contribution in [0.4, 0.5) is 5.69 Å². The molecule has 0 saturated carbocycles. The molecule has 72 valence electrons. The second-order valence-electron chi connectivity index (χ2n) is 3.73. The van der Waals surface area contributed by atoms with E-state index >= 15 is 0 Å². The Labute approximate surface area is 94.1 Å². The van der Waals surface area contributed by atoms with E-state index < -0.39 is 0 Å². The van der Waals surface area contributed by atoms with Gasteiger partial charge in [-0.2, -0.15) is 0 Å². The van der Waals surface area contributed by atoms with Gasteiger partial charge in [0.2, 0.25) is 0 Å². The standard InChI is InChI=1S/C11H16IN/c1-8(2)7-13-11-5-4-10(12)6-9(11)3/h4-6,8,13H,7H2,1-3H3. The van der Waals surface area contributed by atoms with Gasteiger partial charge >= 0.3 is 0 Å². The lowest BCUT2D eigenvalue weighted by Crippen LogP contribution is -2.08. The minimum absolute atomic E-state index is 0.693. The van der Waals surface area contributed by atoms with E-state index in [2.05, 4.69) is 66.9 Å². The number of halogens is 1. The fraction of sp³-hybridized carbons (Fsp3) is 0.455. The van der Waals surface area contributed by atoms with Crippen molar-refractivity contribution < 1.29 is 0 Å². The third-order valence-electron chi connectivity index (χ3n) is 1.89. The van der Waals surface area contributed by atoms with Crippen LogP contribution in [0.15, 0.2) is 18.2 Å². The topological polar surface area (TPSA) is 12.0 Å². The van der Waals surface area contributed by atoms with E-state index in [-0.39, 0.29) is 0 Å². The molecule has 0 heterocycles. The van der Waals surface area contributed by atoms with E-state index in [1.54, 1.807) is 0 Å². The van der Waals surface area contributed by atoms with Gasteiger partial charge in [-0.15, -0.1) is 0 Å². The fourth-order valence-corrected chi connectivity index (χ4v) is 1.79. The van der Waals surface area contributed by atoms with Gasteiger partial charge in [-0.25, -0.2) is 0 Å². The first-order valence-electron chi connectivity index (χ1n) is 4.59. The van der Waals surface area contributed by atoms with Crippen molar-refractivity contribution in [3.05, 3.63) is 27.3 Å². The van der Waals surface area contributed by atoms with Gasteiger partial charge in [0.15, 0.2) is 0 Å². The minimum Gasteiger partial charge on any atom is -0.385 e. The van der Waals surface area contributed by atoms with Gasteiger partial charge in [0.1, 0.15) is 0 Å². The zero-order chi connectivity index (χ0) is 9.84. The quantitative estimate of drug-likeness (QED) is 0.837. The molecule has 0 unspecified atom stereocenters. The third kappa shape index (κ3) is 3.55. The average molecular weight is 289 g/mol. The van der Waals surface area contributed by atoms with Crippen LogP contribution in [0.25, 0.3) is 0 Å². The Hall–Kier alpha value is -0.250. The van der Waals surface area contributed by atoms with Crippen molar-refractivity contribution in [2.24, 2.45) is 5.92 Å². The van der Waals surface area contributed by atoms with Crippen LogP contribution >= 0.6 is 22.6 Å². The van der Waals surface area contributed by atoms with Crippen molar-refractivity contribution in [3.8, 4) is 0 Å². The van der Waals surface area contributed by atoms with E-state index in [0.717, 1.165) is 6.54 Å². The van der Waals surface area contributed by atoms with Crippen LogP contribution in [-0.4, -0.2) is 6.54 Å². The summed E-state index contributed by atoms with van der Waals surface area (Å²) in [5.41, 5.74) is 2.58. The summed E-state index contributed by atoms with van der Waals surface area (Å²) < 4.78 is 1.30. The van der Waals surface area contributed by atoms with Gasteiger partial charge in [-0.3, -0.25) is 0 Å². The van der Waals surface area contributed by atoms with E-state index in [9.17, 15) is 0 Å². The van der Waals surface area contributed by atoms with Crippen molar-refractivity contribution >= 4 is 28.3 Å². The molecule has 0 aliphatic carbocycles. The summed E-state index contributed by atoms with van der Waals surface area (Å²) >= 11 is 2.34. The molecule has 0 bridgehead atoms. The average Bonchev–Trinajstić information content (AvgIpc) is 2.02.